The number of ether oxygens (including phenoxy) is 2. The molecule has 2 aromatic carbocycles. The van der Waals surface area contributed by atoms with Crippen LogP contribution in [-0.4, -0.2) is 44.7 Å². The highest BCUT2D eigenvalue weighted by atomic mass is 16.5. The lowest BCUT2D eigenvalue weighted by Gasteiger charge is -2.12. The molecular formula is C22H29N3O4. The van der Waals surface area contributed by atoms with Gasteiger partial charge in [0.2, 0.25) is 5.91 Å². The van der Waals surface area contributed by atoms with Crippen LogP contribution in [0.2, 0.25) is 0 Å². The lowest BCUT2D eigenvalue weighted by atomic mass is 10.2. The summed E-state index contributed by atoms with van der Waals surface area (Å²) in [4.78, 5) is 24.4. The molecule has 0 bridgehead atoms. The van der Waals surface area contributed by atoms with Crippen LogP contribution in [0.25, 0.3) is 0 Å². The van der Waals surface area contributed by atoms with E-state index in [-0.39, 0.29) is 24.5 Å². The molecule has 0 aliphatic heterocycles. The Hall–Kier alpha value is -3.06. The molecule has 0 aliphatic carbocycles. The molecule has 0 saturated carbocycles. The summed E-state index contributed by atoms with van der Waals surface area (Å²) in [7, 11) is 1.63. The van der Waals surface area contributed by atoms with E-state index in [9.17, 15) is 9.59 Å². The standard InChI is InChI=1S/C22H29N3O4/c1-16(2)29-20-10-5-9-19(14-20)25-21(26)15-24-18-8-4-7-17(13-18)22(27)23-11-6-12-28-3/h4-5,7-10,13-14,16,24H,6,11-12,15H2,1-3H3,(H,23,27)(H,25,26). The van der Waals surface area contributed by atoms with E-state index in [0.717, 1.165) is 6.42 Å². The summed E-state index contributed by atoms with van der Waals surface area (Å²) in [5.74, 6) is 0.354. The van der Waals surface area contributed by atoms with Crippen LogP contribution in [-0.2, 0) is 9.53 Å². The van der Waals surface area contributed by atoms with Gasteiger partial charge in [-0.25, -0.2) is 0 Å². The second kappa shape index (κ2) is 11.7. The number of anilines is 2. The van der Waals surface area contributed by atoms with Crippen molar-refractivity contribution in [2.75, 3.05) is 37.4 Å². The van der Waals surface area contributed by atoms with E-state index in [1.165, 1.54) is 0 Å². The van der Waals surface area contributed by atoms with Gasteiger partial charge in [-0.05, 0) is 50.6 Å². The zero-order valence-electron chi connectivity index (χ0n) is 17.2. The molecule has 0 aliphatic rings. The molecule has 0 unspecified atom stereocenters. The van der Waals surface area contributed by atoms with Crippen molar-refractivity contribution in [1.29, 1.82) is 0 Å². The summed E-state index contributed by atoms with van der Waals surface area (Å²) >= 11 is 0. The van der Waals surface area contributed by atoms with Crippen LogP contribution < -0.4 is 20.7 Å². The largest absolute Gasteiger partial charge is 0.491 e. The average Bonchev–Trinajstić information content (AvgIpc) is 2.69. The van der Waals surface area contributed by atoms with Gasteiger partial charge in [-0.1, -0.05) is 12.1 Å². The zero-order valence-corrected chi connectivity index (χ0v) is 17.2. The van der Waals surface area contributed by atoms with E-state index in [2.05, 4.69) is 16.0 Å². The molecule has 0 radical (unpaired) electrons. The van der Waals surface area contributed by atoms with Gasteiger partial charge in [0.15, 0.2) is 0 Å². The first-order valence-electron chi connectivity index (χ1n) is 9.65. The lowest BCUT2D eigenvalue weighted by Crippen LogP contribution is -2.25. The highest BCUT2D eigenvalue weighted by Gasteiger charge is 2.08. The fourth-order valence-corrected chi connectivity index (χ4v) is 2.60. The van der Waals surface area contributed by atoms with Crippen LogP contribution in [0.15, 0.2) is 48.5 Å². The van der Waals surface area contributed by atoms with Crippen LogP contribution >= 0.6 is 0 Å². The van der Waals surface area contributed by atoms with Crippen molar-refractivity contribution in [1.82, 2.24) is 5.32 Å². The van der Waals surface area contributed by atoms with Crippen LogP contribution in [0.5, 0.6) is 5.75 Å². The Balaban J connectivity index is 1.85. The molecule has 0 atom stereocenters. The second-order valence-corrected chi connectivity index (χ2v) is 6.78. The number of hydrogen-bond acceptors (Lipinski definition) is 5. The molecule has 0 aromatic heterocycles. The molecule has 2 amide bonds. The Bertz CT molecular complexity index is 808. The van der Waals surface area contributed by atoms with E-state index in [1.807, 2.05) is 32.0 Å². The van der Waals surface area contributed by atoms with Gasteiger partial charge in [0.25, 0.3) is 5.91 Å². The van der Waals surface area contributed by atoms with Gasteiger partial charge in [-0.15, -0.1) is 0 Å². The van der Waals surface area contributed by atoms with Gasteiger partial charge in [0.05, 0.1) is 12.6 Å². The summed E-state index contributed by atoms with van der Waals surface area (Å²) in [5, 5.41) is 8.71. The highest BCUT2D eigenvalue weighted by Crippen LogP contribution is 2.18. The van der Waals surface area contributed by atoms with Crippen molar-refractivity contribution in [2.45, 2.75) is 26.4 Å². The van der Waals surface area contributed by atoms with Gasteiger partial charge >= 0.3 is 0 Å². The first-order chi connectivity index (χ1) is 14.0. The third-order valence-corrected chi connectivity index (χ3v) is 3.88. The number of carbonyl (C=O) groups excluding carboxylic acids is 2. The third-order valence-electron chi connectivity index (χ3n) is 3.88. The van der Waals surface area contributed by atoms with Crippen molar-refractivity contribution in [3.05, 3.63) is 54.1 Å². The molecule has 0 saturated heterocycles. The lowest BCUT2D eigenvalue weighted by molar-refractivity contribution is -0.114. The molecule has 2 aromatic rings. The van der Waals surface area contributed by atoms with Crippen LogP contribution in [0.3, 0.4) is 0 Å². The molecular weight excluding hydrogens is 370 g/mol. The number of methoxy groups -OCH3 is 1. The summed E-state index contributed by atoms with van der Waals surface area (Å²) in [6, 6.07) is 14.3. The summed E-state index contributed by atoms with van der Waals surface area (Å²) in [6.07, 6.45) is 0.816. The molecule has 3 N–H and O–H groups in total. The maximum absolute atomic E-state index is 12.2. The van der Waals surface area contributed by atoms with Gasteiger partial charge in [-0.3, -0.25) is 9.59 Å². The molecule has 156 valence electrons. The molecule has 0 spiro atoms. The van der Waals surface area contributed by atoms with Crippen molar-refractivity contribution < 1.29 is 19.1 Å². The number of nitrogens with one attached hydrogen (secondary N) is 3. The normalized spacial score (nSPS) is 10.5. The zero-order chi connectivity index (χ0) is 21.1. The van der Waals surface area contributed by atoms with Crippen molar-refractivity contribution in [2.24, 2.45) is 0 Å². The molecule has 7 heteroatoms. The minimum Gasteiger partial charge on any atom is -0.491 e. The van der Waals surface area contributed by atoms with Crippen LogP contribution in [0.4, 0.5) is 11.4 Å². The number of carbonyl (C=O) groups is 2. The average molecular weight is 399 g/mol. The topological polar surface area (TPSA) is 88.7 Å². The minimum atomic E-state index is -0.193. The smallest absolute Gasteiger partial charge is 0.251 e. The number of amides is 2. The van der Waals surface area contributed by atoms with Crippen LogP contribution in [0, 0.1) is 0 Å². The molecule has 2 rings (SSSR count). The van der Waals surface area contributed by atoms with E-state index in [1.54, 1.807) is 37.4 Å². The highest BCUT2D eigenvalue weighted by molar-refractivity contribution is 5.96. The quantitative estimate of drug-likeness (QED) is 0.505. The van der Waals surface area contributed by atoms with E-state index >= 15 is 0 Å². The van der Waals surface area contributed by atoms with Gasteiger partial charge in [-0.2, -0.15) is 0 Å². The van der Waals surface area contributed by atoms with E-state index in [4.69, 9.17) is 9.47 Å². The monoisotopic (exact) mass is 399 g/mol. The maximum Gasteiger partial charge on any atom is 0.251 e. The number of hydrogen-bond donors (Lipinski definition) is 3. The molecule has 0 heterocycles. The fraction of sp³-hybridized carbons (Fsp3) is 0.364. The molecule has 7 nitrogen and oxygen atoms in total. The predicted molar refractivity (Wildman–Crippen MR) is 115 cm³/mol. The van der Waals surface area contributed by atoms with Crippen LogP contribution in [0.1, 0.15) is 30.6 Å². The molecule has 29 heavy (non-hydrogen) atoms. The van der Waals surface area contributed by atoms with Crippen molar-refractivity contribution in [3.63, 3.8) is 0 Å². The number of rotatable bonds is 11. The van der Waals surface area contributed by atoms with E-state index in [0.29, 0.717) is 35.8 Å². The maximum atomic E-state index is 12.2. The Morgan fingerprint density at radius 2 is 1.79 bits per heavy atom. The molecule has 0 fully saturated rings. The Kier molecular flexibility index (Phi) is 8.98. The van der Waals surface area contributed by atoms with Crippen molar-refractivity contribution in [3.8, 4) is 5.75 Å². The second-order valence-electron chi connectivity index (χ2n) is 6.78. The van der Waals surface area contributed by atoms with E-state index < -0.39 is 0 Å². The van der Waals surface area contributed by atoms with Gasteiger partial charge in [0.1, 0.15) is 5.75 Å². The van der Waals surface area contributed by atoms with Gasteiger partial charge in [0, 0.05) is 43.3 Å². The van der Waals surface area contributed by atoms with Gasteiger partial charge < -0.3 is 25.4 Å². The Morgan fingerprint density at radius 1 is 1.03 bits per heavy atom. The Labute approximate surface area is 171 Å². The first kappa shape index (κ1) is 22.2. The SMILES string of the molecule is COCCCNC(=O)c1cccc(NCC(=O)Nc2cccc(OC(C)C)c2)c1. The first-order valence-corrected chi connectivity index (χ1v) is 9.65. The number of benzene rings is 2. The third kappa shape index (κ3) is 8.23. The fourth-order valence-electron chi connectivity index (χ4n) is 2.60. The summed E-state index contributed by atoms with van der Waals surface area (Å²) in [5.41, 5.74) is 1.90. The minimum absolute atomic E-state index is 0.0621. The predicted octanol–water partition coefficient (Wildman–Crippen LogP) is 3.29. The summed E-state index contributed by atoms with van der Waals surface area (Å²) in [6.45, 7) is 5.12. The van der Waals surface area contributed by atoms with Crippen molar-refractivity contribution >= 4 is 23.2 Å². The summed E-state index contributed by atoms with van der Waals surface area (Å²) < 4.78 is 10.6. The Morgan fingerprint density at radius 3 is 2.55 bits per heavy atom.